The first kappa shape index (κ1) is 13.4. The second-order valence-electron chi connectivity index (χ2n) is 3.75. The first-order valence-corrected chi connectivity index (χ1v) is 5.06. The summed E-state index contributed by atoms with van der Waals surface area (Å²) >= 11 is 0. The molecule has 1 rings (SSSR count). The van der Waals surface area contributed by atoms with Gasteiger partial charge in [0.15, 0.2) is 11.8 Å². The van der Waals surface area contributed by atoms with Gasteiger partial charge in [0.2, 0.25) is 0 Å². The number of anilines is 1. The Morgan fingerprint density at radius 1 is 1.41 bits per heavy atom. The molecule has 0 saturated carbocycles. The van der Waals surface area contributed by atoms with Gasteiger partial charge in [-0.25, -0.2) is 4.39 Å². The average molecular weight is 238 g/mol. The van der Waals surface area contributed by atoms with E-state index in [2.05, 4.69) is 11.4 Å². The maximum absolute atomic E-state index is 13.0. The summed E-state index contributed by atoms with van der Waals surface area (Å²) in [6.07, 6.45) is -0.754. The van der Waals surface area contributed by atoms with E-state index in [1.54, 1.807) is 19.1 Å². The van der Waals surface area contributed by atoms with Crippen LogP contribution in [0.2, 0.25) is 0 Å². The van der Waals surface area contributed by atoms with Crippen LogP contribution in [0.5, 0.6) is 0 Å². The largest absolute Gasteiger partial charge is 0.363 e. The normalized spacial score (nSPS) is 14.1. The lowest BCUT2D eigenvalue weighted by Gasteiger charge is -2.30. The van der Waals surface area contributed by atoms with Gasteiger partial charge in [0.05, 0.1) is 6.07 Å². The van der Waals surface area contributed by atoms with Crippen LogP contribution in [0, 0.1) is 17.1 Å². The molecule has 1 aromatic rings. The average Bonchev–Trinajstić information content (AvgIpc) is 2.30. The van der Waals surface area contributed by atoms with E-state index in [0.29, 0.717) is 5.69 Å². The Bertz CT molecular complexity index is 415. The van der Waals surface area contributed by atoms with Crippen LogP contribution in [-0.2, 0) is 9.47 Å². The van der Waals surface area contributed by atoms with Gasteiger partial charge in [0.1, 0.15) is 5.82 Å². The van der Waals surface area contributed by atoms with Crippen LogP contribution in [0.4, 0.5) is 10.1 Å². The molecule has 0 heterocycles. The van der Waals surface area contributed by atoms with Crippen molar-refractivity contribution in [3.05, 3.63) is 30.1 Å². The van der Waals surface area contributed by atoms with Crippen molar-refractivity contribution < 1.29 is 13.9 Å². The standard InChI is InChI=1S/C12H15FN2O2/c1-12(8-14,11(16-2)17-3)15-10-6-4-5-9(13)7-10/h4-7,11,15H,1-3H3. The summed E-state index contributed by atoms with van der Waals surface area (Å²) in [7, 11) is 2.88. The summed E-state index contributed by atoms with van der Waals surface area (Å²) in [6.45, 7) is 1.62. The number of nitriles is 1. The van der Waals surface area contributed by atoms with E-state index in [1.165, 1.54) is 26.4 Å². The van der Waals surface area contributed by atoms with Crippen LogP contribution in [-0.4, -0.2) is 26.0 Å². The highest BCUT2D eigenvalue weighted by molar-refractivity contribution is 5.47. The Labute approximate surface area is 100.0 Å². The minimum Gasteiger partial charge on any atom is -0.363 e. The van der Waals surface area contributed by atoms with Gasteiger partial charge in [-0.2, -0.15) is 5.26 Å². The first-order valence-electron chi connectivity index (χ1n) is 5.06. The van der Waals surface area contributed by atoms with Gasteiger partial charge in [-0.15, -0.1) is 0 Å². The van der Waals surface area contributed by atoms with Gasteiger partial charge in [-0.05, 0) is 25.1 Å². The Kier molecular flexibility index (Phi) is 4.44. The zero-order valence-corrected chi connectivity index (χ0v) is 10.0. The van der Waals surface area contributed by atoms with Crippen molar-refractivity contribution in [1.29, 1.82) is 5.26 Å². The number of hydrogen-bond donors (Lipinski definition) is 1. The van der Waals surface area contributed by atoms with E-state index < -0.39 is 11.8 Å². The van der Waals surface area contributed by atoms with Gasteiger partial charge >= 0.3 is 0 Å². The summed E-state index contributed by atoms with van der Waals surface area (Å²) < 4.78 is 23.1. The lowest BCUT2D eigenvalue weighted by atomic mass is 10.0. The van der Waals surface area contributed by atoms with Crippen LogP contribution < -0.4 is 5.32 Å². The summed E-state index contributed by atoms with van der Waals surface area (Å²) in [5, 5.41) is 12.1. The molecule has 0 amide bonds. The maximum atomic E-state index is 13.0. The van der Waals surface area contributed by atoms with Crippen LogP contribution >= 0.6 is 0 Å². The fourth-order valence-corrected chi connectivity index (χ4v) is 1.57. The molecule has 0 aliphatic rings. The monoisotopic (exact) mass is 238 g/mol. The number of rotatable bonds is 5. The quantitative estimate of drug-likeness (QED) is 0.798. The number of methoxy groups -OCH3 is 2. The highest BCUT2D eigenvalue weighted by Crippen LogP contribution is 2.21. The molecule has 0 radical (unpaired) electrons. The summed E-state index contributed by atoms with van der Waals surface area (Å²) in [6, 6.07) is 7.93. The van der Waals surface area contributed by atoms with E-state index in [0.717, 1.165) is 0 Å². The Balaban J connectivity index is 2.93. The van der Waals surface area contributed by atoms with Gasteiger partial charge in [-0.3, -0.25) is 0 Å². The molecule has 1 aromatic carbocycles. The third-order valence-electron chi connectivity index (χ3n) is 2.36. The van der Waals surface area contributed by atoms with E-state index in [4.69, 9.17) is 9.47 Å². The molecule has 1 atom stereocenters. The minimum absolute atomic E-state index is 0.373. The fraction of sp³-hybridized carbons (Fsp3) is 0.417. The molecule has 0 spiro atoms. The van der Waals surface area contributed by atoms with Crippen molar-refractivity contribution in [1.82, 2.24) is 0 Å². The second kappa shape index (κ2) is 5.62. The second-order valence-corrected chi connectivity index (χ2v) is 3.75. The number of benzene rings is 1. The summed E-state index contributed by atoms with van der Waals surface area (Å²) in [5.41, 5.74) is -0.606. The van der Waals surface area contributed by atoms with Crippen molar-refractivity contribution >= 4 is 5.69 Å². The fourth-order valence-electron chi connectivity index (χ4n) is 1.57. The minimum atomic E-state index is -1.10. The molecular formula is C12H15FN2O2. The third-order valence-corrected chi connectivity index (χ3v) is 2.36. The molecule has 92 valence electrons. The van der Waals surface area contributed by atoms with Crippen molar-refractivity contribution in [3.8, 4) is 6.07 Å². The molecule has 5 heteroatoms. The molecule has 0 saturated heterocycles. The highest BCUT2D eigenvalue weighted by Gasteiger charge is 2.35. The zero-order valence-electron chi connectivity index (χ0n) is 10.0. The molecule has 1 N–H and O–H groups in total. The summed E-state index contributed by atoms with van der Waals surface area (Å²) in [4.78, 5) is 0. The van der Waals surface area contributed by atoms with Crippen LogP contribution in [0.25, 0.3) is 0 Å². The number of ether oxygens (including phenoxy) is 2. The number of hydrogen-bond acceptors (Lipinski definition) is 4. The van der Waals surface area contributed by atoms with Crippen molar-refractivity contribution in [2.75, 3.05) is 19.5 Å². The van der Waals surface area contributed by atoms with E-state index in [9.17, 15) is 9.65 Å². The zero-order chi connectivity index (χ0) is 12.9. The van der Waals surface area contributed by atoms with Gasteiger partial charge < -0.3 is 14.8 Å². The van der Waals surface area contributed by atoms with Gasteiger partial charge in [0, 0.05) is 19.9 Å². The van der Waals surface area contributed by atoms with E-state index in [1.807, 2.05) is 0 Å². The Morgan fingerprint density at radius 2 is 2.06 bits per heavy atom. The van der Waals surface area contributed by atoms with E-state index in [-0.39, 0.29) is 5.82 Å². The van der Waals surface area contributed by atoms with Gasteiger partial charge in [-0.1, -0.05) is 6.07 Å². The van der Waals surface area contributed by atoms with Crippen LogP contribution in [0.3, 0.4) is 0 Å². The smallest absolute Gasteiger partial charge is 0.193 e. The number of nitrogens with one attached hydrogen (secondary N) is 1. The first-order chi connectivity index (χ1) is 8.05. The molecular weight excluding hydrogens is 223 g/mol. The molecule has 0 aliphatic carbocycles. The maximum Gasteiger partial charge on any atom is 0.193 e. The van der Waals surface area contributed by atoms with Gasteiger partial charge in [0.25, 0.3) is 0 Å². The number of halogens is 1. The van der Waals surface area contributed by atoms with Crippen LogP contribution in [0.1, 0.15) is 6.92 Å². The topological polar surface area (TPSA) is 54.3 Å². The lowest BCUT2D eigenvalue weighted by Crippen LogP contribution is -2.47. The van der Waals surface area contributed by atoms with Crippen molar-refractivity contribution in [2.24, 2.45) is 0 Å². The van der Waals surface area contributed by atoms with E-state index >= 15 is 0 Å². The molecule has 4 nitrogen and oxygen atoms in total. The molecule has 0 aromatic heterocycles. The predicted octanol–water partition coefficient (Wildman–Crippen LogP) is 2.14. The van der Waals surface area contributed by atoms with Crippen molar-refractivity contribution in [2.45, 2.75) is 18.8 Å². The molecule has 0 fully saturated rings. The SMILES string of the molecule is COC(OC)C(C)(C#N)Nc1cccc(F)c1. The Hall–Kier alpha value is -1.64. The Morgan fingerprint density at radius 3 is 2.53 bits per heavy atom. The highest BCUT2D eigenvalue weighted by atomic mass is 19.1. The molecule has 0 bridgehead atoms. The molecule has 1 unspecified atom stereocenters. The third kappa shape index (κ3) is 3.16. The molecule has 0 aliphatic heterocycles. The number of nitrogens with zero attached hydrogens (tertiary/aromatic N) is 1. The molecule has 17 heavy (non-hydrogen) atoms. The predicted molar refractivity (Wildman–Crippen MR) is 61.8 cm³/mol. The lowest BCUT2D eigenvalue weighted by molar-refractivity contribution is -0.124. The van der Waals surface area contributed by atoms with Crippen LogP contribution in [0.15, 0.2) is 24.3 Å². The van der Waals surface area contributed by atoms with Crippen molar-refractivity contribution in [3.63, 3.8) is 0 Å². The summed E-state index contributed by atoms with van der Waals surface area (Å²) in [5.74, 6) is -0.373.